The van der Waals surface area contributed by atoms with Crippen LogP contribution in [0.4, 0.5) is 11.5 Å². The molecule has 0 saturated heterocycles. The fourth-order valence-corrected chi connectivity index (χ4v) is 2.42. The van der Waals surface area contributed by atoms with Crippen LogP contribution >= 0.6 is 0 Å². The molecule has 0 aliphatic rings. The van der Waals surface area contributed by atoms with Gasteiger partial charge in [-0.25, -0.2) is 9.97 Å². The van der Waals surface area contributed by atoms with E-state index in [9.17, 15) is 4.79 Å². The molecule has 0 atom stereocenters. The van der Waals surface area contributed by atoms with Gasteiger partial charge >= 0.3 is 0 Å². The van der Waals surface area contributed by atoms with Crippen LogP contribution in [-0.4, -0.2) is 20.9 Å². The lowest BCUT2D eigenvalue weighted by Gasteiger charge is -2.10. The molecule has 25 heavy (non-hydrogen) atoms. The highest BCUT2D eigenvalue weighted by molar-refractivity contribution is 5.92. The van der Waals surface area contributed by atoms with Crippen LogP contribution in [0.15, 0.2) is 55.1 Å². The zero-order chi connectivity index (χ0) is 17.6. The number of hydrogen-bond acceptors (Lipinski definition) is 5. The van der Waals surface area contributed by atoms with Crippen LogP contribution in [0.25, 0.3) is 0 Å². The molecule has 3 aromatic rings. The molecule has 0 spiro atoms. The molecule has 1 aromatic carbocycles. The SMILES string of the molecule is Cc1ccc(Nc2cc(C(=O)NCc3cccnc3)ncn2)c(C)c1. The van der Waals surface area contributed by atoms with Crippen LogP contribution in [0.1, 0.15) is 27.2 Å². The average Bonchev–Trinajstić information content (AvgIpc) is 2.63. The number of nitrogens with zero attached hydrogens (tertiary/aromatic N) is 3. The first-order valence-electron chi connectivity index (χ1n) is 7.95. The van der Waals surface area contributed by atoms with E-state index in [1.165, 1.54) is 11.9 Å². The highest BCUT2D eigenvalue weighted by atomic mass is 16.1. The Balaban J connectivity index is 1.69. The molecule has 126 valence electrons. The number of carbonyl (C=O) groups is 1. The smallest absolute Gasteiger partial charge is 0.270 e. The van der Waals surface area contributed by atoms with Crippen molar-refractivity contribution in [2.75, 3.05) is 5.32 Å². The second-order valence-corrected chi connectivity index (χ2v) is 5.78. The van der Waals surface area contributed by atoms with E-state index in [0.717, 1.165) is 16.8 Å². The maximum absolute atomic E-state index is 12.3. The highest BCUT2D eigenvalue weighted by Gasteiger charge is 2.09. The molecule has 2 aromatic heterocycles. The Kier molecular flexibility index (Phi) is 4.99. The first-order valence-corrected chi connectivity index (χ1v) is 7.95. The third kappa shape index (κ3) is 4.38. The maximum Gasteiger partial charge on any atom is 0.270 e. The quantitative estimate of drug-likeness (QED) is 0.750. The first-order chi connectivity index (χ1) is 12.1. The molecule has 0 aliphatic heterocycles. The highest BCUT2D eigenvalue weighted by Crippen LogP contribution is 2.20. The Hall–Kier alpha value is -3.28. The van der Waals surface area contributed by atoms with E-state index in [4.69, 9.17) is 0 Å². The number of nitrogens with one attached hydrogen (secondary N) is 2. The van der Waals surface area contributed by atoms with Crippen molar-refractivity contribution in [3.63, 3.8) is 0 Å². The molecule has 0 bridgehead atoms. The molecule has 0 fully saturated rings. The zero-order valence-corrected chi connectivity index (χ0v) is 14.2. The number of benzene rings is 1. The van der Waals surface area contributed by atoms with E-state index in [1.54, 1.807) is 18.5 Å². The van der Waals surface area contributed by atoms with Crippen molar-refractivity contribution < 1.29 is 4.79 Å². The standard InChI is InChI=1S/C19H19N5O/c1-13-5-6-16(14(2)8-13)24-18-9-17(22-12-23-18)19(25)21-11-15-4-3-7-20-10-15/h3-10,12H,11H2,1-2H3,(H,21,25)(H,22,23,24). The Morgan fingerprint density at radius 1 is 1.12 bits per heavy atom. The Morgan fingerprint density at radius 3 is 2.76 bits per heavy atom. The summed E-state index contributed by atoms with van der Waals surface area (Å²) < 4.78 is 0. The lowest BCUT2D eigenvalue weighted by molar-refractivity contribution is 0.0946. The minimum absolute atomic E-state index is 0.255. The van der Waals surface area contributed by atoms with Crippen LogP contribution in [0.2, 0.25) is 0 Å². The van der Waals surface area contributed by atoms with Gasteiger partial charge in [-0.1, -0.05) is 23.8 Å². The molecule has 3 rings (SSSR count). The zero-order valence-electron chi connectivity index (χ0n) is 14.2. The number of pyridine rings is 1. The molecule has 6 heteroatoms. The average molecular weight is 333 g/mol. The summed E-state index contributed by atoms with van der Waals surface area (Å²) in [6.45, 7) is 4.47. The molecular formula is C19H19N5O. The lowest BCUT2D eigenvalue weighted by Crippen LogP contribution is -2.24. The van der Waals surface area contributed by atoms with Gasteiger partial charge in [-0.2, -0.15) is 0 Å². The molecular weight excluding hydrogens is 314 g/mol. The fraction of sp³-hybridized carbons (Fsp3) is 0.158. The fourth-order valence-electron chi connectivity index (χ4n) is 2.42. The predicted molar refractivity (Wildman–Crippen MR) is 96.6 cm³/mol. The minimum atomic E-state index is -0.255. The van der Waals surface area contributed by atoms with Crippen molar-refractivity contribution in [3.05, 3.63) is 77.5 Å². The number of carbonyl (C=O) groups excluding carboxylic acids is 1. The summed E-state index contributed by atoms with van der Waals surface area (Å²) in [7, 11) is 0. The predicted octanol–water partition coefficient (Wildman–Crippen LogP) is 3.16. The van der Waals surface area contributed by atoms with Gasteiger partial charge in [-0.15, -0.1) is 0 Å². The minimum Gasteiger partial charge on any atom is -0.347 e. The number of aryl methyl sites for hydroxylation is 2. The number of aromatic nitrogens is 3. The molecule has 0 radical (unpaired) electrons. The van der Waals surface area contributed by atoms with E-state index in [0.29, 0.717) is 18.1 Å². The van der Waals surface area contributed by atoms with Crippen molar-refractivity contribution in [2.45, 2.75) is 20.4 Å². The van der Waals surface area contributed by atoms with Crippen LogP contribution < -0.4 is 10.6 Å². The van der Waals surface area contributed by atoms with Crippen molar-refractivity contribution in [2.24, 2.45) is 0 Å². The van der Waals surface area contributed by atoms with Gasteiger partial charge in [0.05, 0.1) is 0 Å². The Labute approximate surface area is 146 Å². The van der Waals surface area contributed by atoms with Crippen LogP contribution in [0.5, 0.6) is 0 Å². The molecule has 1 amide bonds. The van der Waals surface area contributed by atoms with Gasteiger partial charge in [0.25, 0.3) is 5.91 Å². The monoisotopic (exact) mass is 333 g/mol. The van der Waals surface area contributed by atoms with E-state index in [-0.39, 0.29) is 5.91 Å². The maximum atomic E-state index is 12.3. The van der Waals surface area contributed by atoms with E-state index in [1.807, 2.05) is 38.1 Å². The van der Waals surface area contributed by atoms with Crippen molar-refractivity contribution in [3.8, 4) is 0 Å². The first kappa shape index (κ1) is 16.6. The number of amides is 1. The largest absolute Gasteiger partial charge is 0.347 e. The number of rotatable bonds is 5. The van der Waals surface area contributed by atoms with Gasteiger partial charge in [-0.3, -0.25) is 9.78 Å². The summed E-state index contributed by atoms with van der Waals surface area (Å²) in [6, 6.07) is 11.5. The Bertz CT molecular complexity index is 880. The van der Waals surface area contributed by atoms with E-state index in [2.05, 4.69) is 31.7 Å². The van der Waals surface area contributed by atoms with Gasteiger partial charge in [-0.05, 0) is 37.1 Å². The molecule has 6 nitrogen and oxygen atoms in total. The van der Waals surface area contributed by atoms with Crippen LogP contribution in [0.3, 0.4) is 0 Å². The third-order valence-corrected chi connectivity index (χ3v) is 3.72. The van der Waals surface area contributed by atoms with Crippen molar-refractivity contribution in [1.29, 1.82) is 0 Å². The lowest BCUT2D eigenvalue weighted by atomic mass is 10.1. The summed E-state index contributed by atoms with van der Waals surface area (Å²) >= 11 is 0. The number of hydrogen-bond donors (Lipinski definition) is 2. The normalized spacial score (nSPS) is 10.3. The van der Waals surface area contributed by atoms with Crippen molar-refractivity contribution >= 4 is 17.4 Å². The second kappa shape index (κ2) is 7.53. The van der Waals surface area contributed by atoms with Gasteiger partial charge in [0.2, 0.25) is 0 Å². The molecule has 2 heterocycles. The van der Waals surface area contributed by atoms with Gasteiger partial charge in [0.15, 0.2) is 0 Å². The summed E-state index contributed by atoms with van der Waals surface area (Å²) in [5, 5.41) is 6.06. The van der Waals surface area contributed by atoms with Crippen LogP contribution in [0, 0.1) is 13.8 Å². The van der Waals surface area contributed by atoms with E-state index >= 15 is 0 Å². The summed E-state index contributed by atoms with van der Waals surface area (Å²) in [6.07, 6.45) is 4.79. The summed E-state index contributed by atoms with van der Waals surface area (Å²) in [5.41, 5.74) is 4.50. The summed E-state index contributed by atoms with van der Waals surface area (Å²) in [5.74, 6) is 0.323. The Morgan fingerprint density at radius 2 is 2.00 bits per heavy atom. The summed E-state index contributed by atoms with van der Waals surface area (Å²) in [4.78, 5) is 24.5. The molecule has 0 saturated carbocycles. The molecule has 0 unspecified atom stereocenters. The van der Waals surface area contributed by atoms with Gasteiger partial charge in [0.1, 0.15) is 17.8 Å². The van der Waals surface area contributed by atoms with E-state index < -0.39 is 0 Å². The third-order valence-electron chi connectivity index (χ3n) is 3.72. The number of anilines is 2. The van der Waals surface area contributed by atoms with Crippen molar-refractivity contribution in [1.82, 2.24) is 20.3 Å². The molecule has 0 aliphatic carbocycles. The molecule has 2 N–H and O–H groups in total. The van der Waals surface area contributed by atoms with Crippen LogP contribution in [-0.2, 0) is 6.54 Å². The second-order valence-electron chi connectivity index (χ2n) is 5.78. The topological polar surface area (TPSA) is 79.8 Å². The van der Waals surface area contributed by atoms with Gasteiger partial charge in [0, 0.05) is 30.7 Å². The van der Waals surface area contributed by atoms with Gasteiger partial charge < -0.3 is 10.6 Å².